The molecule has 0 aromatic rings. The van der Waals surface area contributed by atoms with E-state index < -0.39 is 20.0 Å². The molecule has 518 valence electrons. The third-order valence-electron chi connectivity index (χ3n) is 16.8. The highest BCUT2D eigenvalue weighted by molar-refractivity contribution is 7.47. The Balaban J connectivity index is 4.93. The first-order valence-corrected chi connectivity index (χ1v) is 39.4. The maximum Gasteiger partial charge on any atom is 0.472 e. The van der Waals surface area contributed by atoms with Crippen molar-refractivity contribution in [3.63, 3.8) is 0 Å². The van der Waals surface area contributed by atoms with Gasteiger partial charge in [-0.25, -0.2) is 4.57 Å². The molecule has 0 aromatic heterocycles. The number of carbonyl (C=O) groups excluding carboxylic acids is 2. The summed E-state index contributed by atoms with van der Waals surface area (Å²) in [7, 11) is 1.50. The van der Waals surface area contributed by atoms with Crippen LogP contribution in [0.2, 0.25) is 0 Å². The molecular formula is C79H146N2O7P+. The zero-order valence-electron chi connectivity index (χ0n) is 59.4. The zero-order chi connectivity index (χ0) is 64.9. The summed E-state index contributed by atoms with van der Waals surface area (Å²) in [5.74, 6) is -0.498. The van der Waals surface area contributed by atoms with Gasteiger partial charge in [0.05, 0.1) is 33.8 Å². The van der Waals surface area contributed by atoms with Crippen LogP contribution in [0.3, 0.4) is 0 Å². The molecule has 3 unspecified atom stereocenters. The van der Waals surface area contributed by atoms with E-state index in [1.54, 1.807) is 0 Å². The molecule has 89 heavy (non-hydrogen) atoms. The van der Waals surface area contributed by atoms with Crippen LogP contribution in [0.5, 0.6) is 0 Å². The van der Waals surface area contributed by atoms with Gasteiger partial charge in [-0.2, -0.15) is 0 Å². The van der Waals surface area contributed by atoms with Crippen molar-refractivity contribution < 1.29 is 37.3 Å². The second kappa shape index (κ2) is 68.1. The van der Waals surface area contributed by atoms with Crippen molar-refractivity contribution in [2.45, 2.75) is 367 Å². The largest absolute Gasteiger partial charge is 0.472 e. The van der Waals surface area contributed by atoms with Crippen molar-refractivity contribution in [3.8, 4) is 0 Å². The monoisotopic (exact) mass is 1270 g/mol. The Bertz CT molecular complexity index is 1800. The molecule has 0 fully saturated rings. The number of hydrogen-bond donors (Lipinski definition) is 2. The van der Waals surface area contributed by atoms with Crippen molar-refractivity contribution in [1.29, 1.82) is 0 Å². The smallest absolute Gasteiger partial charge is 0.456 e. The van der Waals surface area contributed by atoms with Gasteiger partial charge in [-0.3, -0.25) is 18.6 Å². The van der Waals surface area contributed by atoms with Crippen LogP contribution in [0.15, 0.2) is 85.1 Å². The zero-order valence-corrected chi connectivity index (χ0v) is 60.3. The van der Waals surface area contributed by atoms with Crippen molar-refractivity contribution in [2.75, 3.05) is 40.9 Å². The first kappa shape index (κ1) is 86.2. The topological polar surface area (TPSA) is 111 Å². The van der Waals surface area contributed by atoms with Crippen molar-refractivity contribution in [3.05, 3.63) is 85.1 Å². The first-order chi connectivity index (χ1) is 43.4. The van der Waals surface area contributed by atoms with E-state index in [1.807, 2.05) is 33.3 Å². The summed E-state index contributed by atoms with van der Waals surface area (Å²) in [6.07, 6.45) is 91.8. The Kier molecular flexibility index (Phi) is 65.9. The molecule has 0 saturated carbocycles. The Labute approximate surface area is 552 Å². The van der Waals surface area contributed by atoms with E-state index >= 15 is 0 Å². The van der Waals surface area contributed by atoms with Gasteiger partial charge >= 0.3 is 13.8 Å². The van der Waals surface area contributed by atoms with E-state index in [0.717, 1.165) is 89.9 Å². The van der Waals surface area contributed by atoms with Crippen LogP contribution < -0.4 is 5.32 Å². The van der Waals surface area contributed by atoms with E-state index in [2.05, 4.69) is 99.0 Å². The van der Waals surface area contributed by atoms with Crippen molar-refractivity contribution in [1.82, 2.24) is 5.32 Å². The van der Waals surface area contributed by atoms with E-state index in [4.69, 9.17) is 13.8 Å². The number of quaternary nitrogens is 1. The fourth-order valence-corrected chi connectivity index (χ4v) is 11.8. The second-order valence-corrected chi connectivity index (χ2v) is 28.2. The molecule has 9 nitrogen and oxygen atoms in total. The number of nitrogens with one attached hydrogen (secondary N) is 1. The molecule has 0 aliphatic rings. The number of allylic oxidation sites excluding steroid dienone is 13. The minimum atomic E-state index is -4.46. The molecule has 0 rings (SSSR count). The van der Waals surface area contributed by atoms with Crippen LogP contribution >= 0.6 is 7.82 Å². The van der Waals surface area contributed by atoms with Gasteiger partial charge in [0.2, 0.25) is 5.91 Å². The van der Waals surface area contributed by atoms with Gasteiger partial charge in [0, 0.05) is 12.8 Å². The number of phosphoric acid groups is 1. The summed E-state index contributed by atoms with van der Waals surface area (Å²) >= 11 is 0. The number of nitrogens with zero attached hydrogens (tertiary/aromatic N) is 1. The normalized spacial score (nSPS) is 13.9. The summed E-state index contributed by atoms with van der Waals surface area (Å²) in [5.41, 5.74) is 0. The summed E-state index contributed by atoms with van der Waals surface area (Å²) in [5, 5.41) is 3.08. The number of hydrogen-bond acceptors (Lipinski definition) is 6. The highest BCUT2D eigenvalue weighted by atomic mass is 31.2. The fraction of sp³-hybridized carbons (Fsp3) is 0.797. The summed E-state index contributed by atoms with van der Waals surface area (Å²) < 4.78 is 30.9. The van der Waals surface area contributed by atoms with Gasteiger partial charge < -0.3 is 19.4 Å². The molecule has 0 aromatic carbocycles. The molecule has 0 bridgehead atoms. The van der Waals surface area contributed by atoms with Crippen molar-refractivity contribution >= 4 is 19.7 Å². The molecular weight excluding hydrogens is 1120 g/mol. The van der Waals surface area contributed by atoms with Gasteiger partial charge in [-0.05, 0) is 102 Å². The molecule has 0 aliphatic heterocycles. The Morgan fingerprint density at radius 1 is 0.404 bits per heavy atom. The standard InChI is InChI=1S/C79H145N2O7P/c1-7-10-13-16-19-22-25-27-29-31-33-35-37-39-40-42-44-46-48-50-52-54-57-60-63-66-69-72-79(83)88-77(70-67-64-61-58-55-24-21-18-15-12-9-3)76(75-87-89(84,85)86-74-73-81(4,5)6)80-78(82)71-68-65-62-59-56-53-51-49-47-45-43-41-38-36-34-32-30-28-26-23-20-17-14-11-8-2/h10,13,19,22,27-30,33,35,39-40,67,70,76-77H,7-9,11-12,14-18,20-21,23-26,31-32,34,36-38,41-66,68-69,71-75H2,1-6H3,(H-,80,82,84,85)/p+1/b13-10-,22-19-,29-27-,30-28+,35-33-,40-39-,70-67+. The van der Waals surface area contributed by atoms with Crippen LogP contribution in [0.1, 0.15) is 355 Å². The summed E-state index contributed by atoms with van der Waals surface area (Å²) in [6, 6.07) is -0.853. The number of unbranched alkanes of at least 4 members (excludes halogenated alkanes) is 41. The van der Waals surface area contributed by atoms with Gasteiger partial charge in [0.25, 0.3) is 0 Å². The third kappa shape index (κ3) is 69.4. The number of likely N-dealkylation sites (N-methyl/N-ethyl adjacent to an activating group) is 1. The molecule has 2 N–H and O–H groups in total. The number of carbonyl (C=O) groups is 2. The van der Waals surface area contributed by atoms with Crippen molar-refractivity contribution in [2.24, 2.45) is 0 Å². The van der Waals surface area contributed by atoms with Gasteiger partial charge in [0.1, 0.15) is 19.3 Å². The molecule has 3 atom stereocenters. The number of ether oxygens (including phenoxy) is 1. The molecule has 0 saturated heterocycles. The predicted octanol–water partition coefficient (Wildman–Crippen LogP) is 24.5. The van der Waals surface area contributed by atoms with E-state index in [9.17, 15) is 19.0 Å². The lowest BCUT2D eigenvalue weighted by atomic mass is 10.0. The molecule has 0 aliphatic carbocycles. The highest BCUT2D eigenvalue weighted by Crippen LogP contribution is 2.43. The fourth-order valence-electron chi connectivity index (χ4n) is 11.0. The highest BCUT2D eigenvalue weighted by Gasteiger charge is 2.30. The minimum Gasteiger partial charge on any atom is -0.456 e. The maximum absolute atomic E-state index is 13.6. The predicted molar refractivity (Wildman–Crippen MR) is 388 cm³/mol. The van der Waals surface area contributed by atoms with E-state index in [-0.39, 0.29) is 31.5 Å². The Morgan fingerprint density at radius 2 is 0.719 bits per heavy atom. The molecule has 1 amide bonds. The van der Waals surface area contributed by atoms with E-state index in [1.165, 1.54) is 231 Å². The average Bonchev–Trinajstić information content (AvgIpc) is 3.71. The number of rotatable bonds is 69. The number of amides is 1. The lowest BCUT2D eigenvalue weighted by Crippen LogP contribution is -2.47. The molecule has 0 heterocycles. The van der Waals surface area contributed by atoms with Gasteiger partial charge in [-0.15, -0.1) is 0 Å². The lowest BCUT2D eigenvalue weighted by molar-refractivity contribution is -0.870. The number of phosphoric ester groups is 1. The van der Waals surface area contributed by atoms with Crippen LogP contribution in [0.25, 0.3) is 0 Å². The third-order valence-corrected chi connectivity index (χ3v) is 17.8. The SMILES string of the molecule is CC/C=C\C/C=C\C/C=C\C/C=C\C/C=C\CCCCCCCCCCCCCC(=O)OC(/C=C/CCCCCCCCCCC)C(COP(=O)(O)OCC[N+](C)(C)C)NC(=O)CCCCCCCCCCCCCCCCC/C=C/CCCCCCCC. The van der Waals surface area contributed by atoms with Crippen LogP contribution in [-0.2, 0) is 27.9 Å². The van der Waals surface area contributed by atoms with Crippen LogP contribution in [-0.4, -0.2) is 74.3 Å². The summed E-state index contributed by atoms with van der Waals surface area (Å²) in [4.78, 5) is 38.0. The molecule has 10 heteroatoms. The van der Waals surface area contributed by atoms with Gasteiger partial charge in [0.15, 0.2) is 0 Å². The first-order valence-electron chi connectivity index (χ1n) is 37.9. The Hall–Kier alpha value is -2.81. The van der Waals surface area contributed by atoms with Gasteiger partial charge in [-0.1, -0.05) is 324 Å². The average molecular weight is 1270 g/mol. The molecule has 0 radical (unpaired) electrons. The quantitative estimate of drug-likeness (QED) is 0.0205. The van der Waals surface area contributed by atoms with Crippen LogP contribution in [0, 0.1) is 0 Å². The van der Waals surface area contributed by atoms with Crippen LogP contribution in [0.4, 0.5) is 0 Å². The molecule has 0 spiro atoms. The van der Waals surface area contributed by atoms with E-state index in [0.29, 0.717) is 17.4 Å². The lowest BCUT2D eigenvalue weighted by Gasteiger charge is -2.27. The summed E-state index contributed by atoms with van der Waals surface area (Å²) in [6.45, 7) is 6.93. The maximum atomic E-state index is 13.6. The minimum absolute atomic E-state index is 0.0387. The second-order valence-electron chi connectivity index (χ2n) is 26.8. The number of esters is 1. The Morgan fingerprint density at radius 3 is 1.09 bits per heavy atom.